The number of benzene rings is 2. The minimum absolute atomic E-state index is 0.0475. The van der Waals surface area contributed by atoms with Gasteiger partial charge in [-0.3, -0.25) is 0 Å². The summed E-state index contributed by atoms with van der Waals surface area (Å²) in [6.45, 7) is 1.77. The van der Waals surface area contributed by atoms with Crippen LogP contribution in [0.2, 0.25) is 0 Å². The van der Waals surface area contributed by atoms with E-state index in [9.17, 15) is 26.0 Å². The Morgan fingerprint density at radius 2 is 1.69 bits per heavy atom. The van der Waals surface area contributed by atoms with Gasteiger partial charge in [-0.2, -0.15) is 0 Å². The molecule has 3 aromatic rings. The Hall–Kier alpha value is -1.35. The summed E-state index contributed by atoms with van der Waals surface area (Å²) in [5.74, 6) is -0.742. The van der Waals surface area contributed by atoms with Crippen LogP contribution >= 0.6 is 15.9 Å². The van der Waals surface area contributed by atoms with Gasteiger partial charge in [0.2, 0.25) is 0 Å². The molecule has 0 radical (unpaired) electrons. The van der Waals surface area contributed by atoms with Crippen molar-refractivity contribution < 1.29 is 26.0 Å². The first-order chi connectivity index (χ1) is 12.0. The molecule has 0 aliphatic heterocycles. The molecular formula is C16H10BrF4NO2SSe. The summed E-state index contributed by atoms with van der Waals surface area (Å²) in [5, 5.41) is -4.44. The Bertz CT molecular complexity index is 1090. The second-order valence-electron chi connectivity index (χ2n) is 5.41. The molecule has 0 spiro atoms. The van der Waals surface area contributed by atoms with Crippen LogP contribution in [-0.4, -0.2) is 32.4 Å². The SMILES string of the molecule is Cc1ccc(S(=O)(=O)n2c(Br)c([Se]C(F)(F)F)c3ccc(F)cc32)cc1. The molecule has 138 valence electrons. The zero-order valence-corrected chi connectivity index (χ0v) is 17.1. The fourth-order valence-electron chi connectivity index (χ4n) is 2.44. The minimum atomic E-state index is -4.49. The van der Waals surface area contributed by atoms with E-state index in [0.717, 1.165) is 21.7 Å². The number of aryl methyl sites for hydroxylation is 1. The number of alkyl halides is 3. The van der Waals surface area contributed by atoms with E-state index in [0.29, 0.717) is 0 Å². The number of nitrogens with zero attached hydrogens (tertiary/aromatic N) is 1. The monoisotopic (exact) mass is 515 g/mol. The second kappa shape index (κ2) is 6.67. The van der Waals surface area contributed by atoms with Gasteiger partial charge in [-0.05, 0) is 0 Å². The van der Waals surface area contributed by atoms with Crippen LogP contribution < -0.4 is 4.46 Å². The zero-order chi connectivity index (χ0) is 19.3. The van der Waals surface area contributed by atoms with Gasteiger partial charge in [0.25, 0.3) is 0 Å². The molecule has 0 saturated carbocycles. The van der Waals surface area contributed by atoms with Gasteiger partial charge in [0.1, 0.15) is 0 Å². The van der Waals surface area contributed by atoms with Gasteiger partial charge in [-0.15, -0.1) is 0 Å². The number of halogens is 5. The maximum absolute atomic E-state index is 13.7. The van der Waals surface area contributed by atoms with Crippen molar-refractivity contribution in [2.24, 2.45) is 0 Å². The van der Waals surface area contributed by atoms with Crippen molar-refractivity contribution >= 4 is 56.3 Å². The molecule has 1 aromatic heterocycles. The quantitative estimate of drug-likeness (QED) is 0.392. The van der Waals surface area contributed by atoms with Crippen molar-refractivity contribution in [2.75, 3.05) is 0 Å². The first kappa shape index (κ1) is 19.4. The van der Waals surface area contributed by atoms with E-state index in [1.54, 1.807) is 19.1 Å². The third kappa shape index (κ3) is 3.55. The number of hydrogen-bond donors (Lipinski definition) is 0. The van der Waals surface area contributed by atoms with E-state index in [1.807, 2.05) is 0 Å². The maximum atomic E-state index is 13.7. The predicted molar refractivity (Wildman–Crippen MR) is 94.8 cm³/mol. The molecule has 0 amide bonds. The molecule has 3 rings (SSSR count). The number of hydrogen-bond acceptors (Lipinski definition) is 2. The molecule has 0 unspecified atom stereocenters. The van der Waals surface area contributed by atoms with E-state index >= 15 is 0 Å². The van der Waals surface area contributed by atoms with Crippen molar-refractivity contribution in [3.8, 4) is 0 Å². The number of rotatable bonds is 3. The number of fused-ring (bicyclic) bond motifs is 1. The predicted octanol–water partition coefficient (Wildman–Crippen LogP) is 3.94. The summed E-state index contributed by atoms with van der Waals surface area (Å²) in [7, 11) is -4.22. The molecule has 3 nitrogen and oxygen atoms in total. The molecule has 0 aliphatic carbocycles. The van der Waals surface area contributed by atoms with Crippen LogP contribution in [0.1, 0.15) is 5.56 Å². The molecule has 0 bridgehead atoms. The summed E-state index contributed by atoms with van der Waals surface area (Å²) in [6, 6.07) is 8.96. The fraction of sp³-hybridized carbons (Fsp3) is 0.125. The van der Waals surface area contributed by atoms with Crippen LogP contribution in [-0.2, 0) is 10.0 Å². The van der Waals surface area contributed by atoms with Gasteiger partial charge >= 0.3 is 162 Å². The fourth-order valence-corrected chi connectivity index (χ4v) is 6.81. The Morgan fingerprint density at radius 1 is 1.08 bits per heavy atom. The molecule has 0 aliphatic rings. The first-order valence-corrected chi connectivity index (χ1v) is 11.0. The molecule has 10 heteroatoms. The third-order valence-electron chi connectivity index (χ3n) is 3.57. The van der Waals surface area contributed by atoms with Crippen LogP contribution in [0.3, 0.4) is 0 Å². The first-order valence-electron chi connectivity index (χ1n) is 7.08. The van der Waals surface area contributed by atoms with Crippen LogP contribution in [0.25, 0.3) is 10.9 Å². The van der Waals surface area contributed by atoms with Gasteiger partial charge in [0.05, 0.1) is 0 Å². The van der Waals surface area contributed by atoms with Gasteiger partial charge in [0.15, 0.2) is 0 Å². The summed E-state index contributed by atoms with van der Waals surface area (Å²) in [6.07, 6.45) is 0. The van der Waals surface area contributed by atoms with Crippen molar-refractivity contribution in [3.63, 3.8) is 0 Å². The van der Waals surface area contributed by atoms with E-state index < -0.39 is 35.9 Å². The molecule has 0 atom stereocenters. The second-order valence-corrected chi connectivity index (χ2v) is 10.2. The van der Waals surface area contributed by atoms with Crippen molar-refractivity contribution in [1.29, 1.82) is 0 Å². The van der Waals surface area contributed by atoms with Gasteiger partial charge in [0, 0.05) is 0 Å². The Balaban J connectivity index is 2.33. The molecule has 0 saturated heterocycles. The van der Waals surface area contributed by atoms with Crippen molar-refractivity contribution in [2.45, 2.75) is 16.9 Å². The average Bonchev–Trinajstić information content (AvgIpc) is 2.78. The summed E-state index contributed by atoms with van der Waals surface area (Å²) < 4.78 is 78.9. The van der Waals surface area contributed by atoms with Crippen molar-refractivity contribution in [1.82, 2.24) is 3.97 Å². The summed E-state index contributed by atoms with van der Waals surface area (Å²) in [4.78, 5) is -0.101. The van der Waals surface area contributed by atoms with Crippen LogP contribution in [0, 0.1) is 12.7 Å². The van der Waals surface area contributed by atoms with Crippen LogP contribution in [0.4, 0.5) is 17.6 Å². The Kier molecular flexibility index (Phi) is 4.98. The molecule has 26 heavy (non-hydrogen) atoms. The molecular weight excluding hydrogens is 505 g/mol. The Labute approximate surface area is 161 Å². The summed E-state index contributed by atoms with van der Waals surface area (Å²) in [5.41, 5.74) is 0.686. The van der Waals surface area contributed by atoms with E-state index in [-0.39, 0.29) is 24.9 Å². The van der Waals surface area contributed by atoms with Crippen LogP contribution in [0.5, 0.6) is 0 Å². The topological polar surface area (TPSA) is 39.1 Å². The van der Waals surface area contributed by atoms with Crippen molar-refractivity contribution in [3.05, 3.63) is 58.4 Å². The van der Waals surface area contributed by atoms with Gasteiger partial charge < -0.3 is 0 Å². The third-order valence-corrected chi connectivity index (χ3v) is 8.65. The molecule has 2 aromatic carbocycles. The van der Waals surface area contributed by atoms with E-state index in [1.165, 1.54) is 18.2 Å². The molecule has 0 N–H and O–H groups in total. The standard InChI is InChI=1S/C16H10BrF4NO2SSe/c1-9-2-5-11(6-3-9)25(23,24)22-13-8-10(18)4-7-12(13)14(15(22)17)26-16(19,20)21/h2-8H,1H3. The Morgan fingerprint density at radius 3 is 2.27 bits per heavy atom. The van der Waals surface area contributed by atoms with Gasteiger partial charge in [-0.1, -0.05) is 0 Å². The molecule has 1 heterocycles. The van der Waals surface area contributed by atoms with Gasteiger partial charge in [-0.25, -0.2) is 0 Å². The molecule has 0 fully saturated rings. The van der Waals surface area contributed by atoms with E-state index in [4.69, 9.17) is 0 Å². The zero-order valence-electron chi connectivity index (χ0n) is 13.0. The summed E-state index contributed by atoms with van der Waals surface area (Å²) >= 11 is 0.992. The average molecular weight is 515 g/mol. The normalized spacial score (nSPS) is 12.7. The number of aromatic nitrogens is 1. The van der Waals surface area contributed by atoms with Crippen LogP contribution in [0.15, 0.2) is 52.0 Å². The van der Waals surface area contributed by atoms with E-state index in [2.05, 4.69) is 15.9 Å².